The monoisotopic (exact) mass is 269 g/mol. The average molecular weight is 269 g/mol. The molecular formula is C18H20FN. The van der Waals surface area contributed by atoms with Gasteiger partial charge in [-0.2, -0.15) is 0 Å². The fraction of sp³-hybridized carbons (Fsp3) is 0.333. The van der Waals surface area contributed by atoms with E-state index in [0.717, 1.165) is 18.5 Å². The first-order valence-electron chi connectivity index (χ1n) is 7.17. The molecule has 2 aromatic carbocycles. The molecule has 1 aliphatic carbocycles. The molecule has 1 aliphatic rings. The van der Waals surface area contributed by atoms with E-state index in [9.17, 15) is 4.39 Å². The lowest BCUT2D eigenvalue weighted by Gasteiger charge is -2.13. The van der Waals surface area contributed by atoms with Gasteiger partial charge in [-0.3, -0.25) is 0 Å². The lowest BCUT2D eigenvalue weighted by Crippen LogP contribution is -2.19. The zero-order valence-corrected chi connectivity index (χ0v) is 11.8. The van der Waals surface area contributed by atoms with Gasteiger partial charge < -0.3 is 5.73 Å². The molecule has 0 atom stereocenters. The highest BCUT2D eigenvalue weighted by molar-refractivity contribution is 5.36. The second-order valence-corrected chi connectivity index (χ2v) is 5.94. The number of hydrogen-bond acceptors (Lipinski definition) is 1. The molecule has 20 heavy (non-hydrogen) atoms. The van der Waals surface area contributed by atoms with E-state index in [1.54, 1.807) is 13.0 Å². The number of hydrogen-bond donors (Lipinski definition) is 1. The number of nitrogens with two attached hydrogens (primary N) is 1. The van der Waals surface area contributed by atoms with Crippen LogP contribution in [0.3, 0.4) is 0 Å². The lowest BCUT2D eigenvalue weighted by molar-refractivity contribution is 0.618. The number of benzene rings is 2. The van der Waals surface area contributed by atoms with Crippen LogP contribution in [0, 0.1) is 12.7 Å². The van der Waals surface area contributed by atoms with E-state index in [1.807, 2.05) is 12.1 Å². The standard InChI is InChI=1S/C18H20FN/c1-13-10-15(4-7-17(13)19)11-14-2-5-16(6-3-14)18(12-20)8-9-18/h2-7,10H,8-9,11-12,20H2,1H3. The molecule has 0 bridgehead atoms. The van der Waals surface area contributed by atoms with Gasteiger partial charge in [0.25, 0.3) is 0 Å². The van der Waals surface area contributed by atoms with Crippen LogP contribution in [0.15, 0.2) is 42.5 Å². The SMILES string of the molecule is Cc1cc(Cc2ccc(C3(CN)CC3)cc2)ccc1F. The molecule has 3 rings (SSSR count). The maximum atomic E-state index is 13.3. The van der Waals surface area contributed by atoms with Crippen molar-refractivity contribution in [2.75, 3.05) is 6.54 Å². The third kappa shape index (κ3) is 2.48. The Bertz CT molecular complexity index is 612. The summed E-state index contributed by atoms with van der Waals surface area (Å²) in [6.07, 6.45) is 3.26. The largest absolute Gasteiger partial charge is 0.330 e. The van der Waals surface area contributed by atoms with Crippen molar-refractivity contribution >= 4 is 0 Å². The Labute approximate surface area is 119 Å². The van der Waals surface area contributed by atoms with Crippen molar-refractivity contribution in [1.82, 2.24) is 0 Å². The van der Waals surface area contributed by atoms with E-state index < -0.39 is 0 Å². The third-order valence-electron chi connectivity index (χ3n) is 4.44. The third-order valence-corrected chi connectivity index (χ3v) is 4.44. The van der Waals surface area contributed by atoms with E-state index in [0.29, 0.717) is 5.56 Å². The maximum Gasteiger partial charge on any atom is 0.126 e. The summed E-state index contributed by atoms with van der Waals surface area (Å²) >= 11 is 0. The first kappa shape index (κ1) is 13.3. The van der Waals surface area contributed by atoms with Gasteiger partial charge in [-0.1, -0.05) is 36.4 Å². The Morgan fingerprint density at radius 1 is 1.05 bits per heavy atom. The molecule has 0 spiro atoms. The first-order chi connectivity index (χ1) is 9.63. The average Bonchev–Trinajstić information content (AvgIpc) is 3.25. The van der Waals surface area contributed by atoms with Crippen molar-refractivity contribution in [3.05, 3.63) is 70.5 Å². The van der Waals surface area contributed by atoms with Crippen LogP contribution in [0.25, 0.3) is 0 Å². The maximum absolute atomic E-state index is 13.3. The molecule has 0 unspecified atom stereocenters. The summed E-state index contributed by atoms with van der Waals surface area (Å²) < 4.78 is 13.3. The molecule has 2 aromatic rings. The minimum atomic E-state index is -0.136. The molecule has 0 radical (unpaired) electrons. The zero-order valence-electron chi connectivity index (χ0n) is 11.8. The van der Waals surface area contributed by atoms with Crippen LogP contribution >= 0.6 is 0 Å². The summed E-state index contributed by atoms with van der Waals surface area (Å²) in [6.45, 7) is 2.55. The fourth-order valence-corrected chi connectivity index (χ4v) is 2.79. The molecule has 1 saturated carbocycles. The Hall–Kier alpha value is -1.67. The molecule has 104 valence electrons. The summed E-state index contributed by atoms with van der Waals surface area (Å²) in [5.41, 5.74) is 10.6. The predicted molar refractivity (Wildman–Crippen MR) is 80.4 cm³/mol. The van der Waals surface area contributed by atoms with Crippen LogP contribution in [-0.4, -0.2) is 6.54 Å². The van der Waals surface area contributed by atoms with E-state index >= 15 is 0 Å². The van der Waals surface area contributed by atoms with Crippen LogP contribution < -0.4 is 5.73 Å². The Balaban J connectivity index is 1.76. The molecule has 1 nitrogen and oxygen atoms in total. The van der Waals surface area contributed by atoms with Crippen molar-refractivity contribution in [1.29, 1.82) is 0 Å². The van der Waals surface area contributed by atoms with Gasteiger partial charge in [0.2, 0.25) is 0 Å². The van der Waals surface area contributed by atoms with Gasteiger partial charge in [0.05, 0.1) is 0 Å². The van der Waals surface area contributed by atoms with E-state index in [-0.39, 0.29) is 11.2 Å². The summed E-state index contributed by atoms with van der Waals surface area (Å²) in [6, 6.07) is 14.1. The van der Waals surface area contributed by atoms with Crippen molar-refractivity contribution in [3.8, 4) is 0 Å². The van der Waals surface area contributed by atoms with Crippen LogP contribution in [-0.2, 0) is 11.8 Å². The van der Waals surface area contributed by atoms with E-state index in [2.05, 4.69) is 24.3 Å². The summed E-state index contributed by atoms with van der Waals surface area (Å²) in [5, 5.41) is 0. The second kappa shape index (κ2) is 5.02. The topological polar surface area (TPSA) is 26.0 Å². The number of halogens is 1. The molecule has 1 fully saturated rings. The van der Waals surface area contributed by atoms with Gasteiger partial charge in [-0.05, 0) is 54.5 Å². The van der Waals surface area contributed by atoms with Crippen molar-refractivity contribution in [2.45, 2.75) is 31.6 Å². The van der Waals surface area contributed by atoms with E-state index in [4.69, 9.17) is 5.73 Å². The van der Waals surface area contributed by atoms with Gasteiger partial charge in [0.15, 0.2) is 0 Å². The van der Waals surface area contributed by atoms with Gasteiger partial charge in [-0.15, -0.1) is 0 Å². The lowest BCUT2D eigenvalue weighted by atomic mass is 9.94. The van der Waals surface area contributed by atoms with Crippen LogP contribution in [0.5, 0.6) is 0 Å². The molecule has 0 aliphatic heterocycles. The van der Waals surface area contributed by atoms with Gasteiger partial charge >= 0.3 is 0 Å². The molecule has 0 saturated heterocycles. The summed E-state index contributed by atoms with van der Waals surface area (Å²) in [7, 11) is 0. The highest BCUT2D eigenvalue weighted by Crippen LogP contribution is 2.47. The van der Waals surface area contributed by atoms with Crippen LogP contribution in [0.1, 0.15) is 35.1 Å². The molecule has 0 heterocycles. The quantitative estimate of drug-likeness (QED) is 0.899. The summed E-state index contributed by atoms with van der Waals surface area (Å²) in [5.74, 6) is -0.136. The van der Waals surface area contributed by atoms with Crippen molar-refractivity contribution in [3.63, 3.8) is 0 Å². The Morgan fingerprint density at radius 2 is 1.70 bits per heavy atom. The minimum Gasteiger partial charge on any atom is -0.330 e. The molecule has 2 heteroatoms. The first-order valence-corrected chi connectivity index (χ1v) is 7.17. The molecular weight excluding hydrogens is 249 g/mol. The molecule has 2 N–H and O–H groups in total. The second-order valence-electron chi connectivity index (χ2n) is 5.94. The Kier molecular flexibility index (Phi) is 3.35. The minimum absolute atomic E-state index is 0.136. The fourth-order valence-electron chi connectivity index (χ4n) is 2.79. The smallest absolute Gasteiger partial charge is 0.126 e. The highest BCUT2D eigenvalue weighted by atomic mass is 19.1. The van der Waals surface area contributed by atoms with Crippen LogP contribution in [0.4, 0.5) is 4.39 Å². The van der Waals surface area contributed by atoms with Crippen molar-refractivity contribution < 1.29 is 4.39 Å². The van der Waals surface area contributed by atoms with Gasteiger partial charge in [0, 0.05) is 12.0 Å². The van der Waals surface area contributed by atoms with Gasteiger partial charge in [0.1, 0.15) is 5.82 Å². The summed E-state index contributed by atoms with van der Waals surface area (Å²) in [4.78, 5) is 0. The zero-order chi connectivity index (χ0) is 14.2. The van der Waals surface area contributed by atoms with Crippen LogP contribution in [0.2, 0.25) is 0 Å². The molecule has 0 aromatic heterocycles. The molecule has 0 amide bonds. The predicted octanol–water partition coefficient (Wildman–Crippen LogP) is 3.72. The van der Waals surface area contributed by atoms with Crippen molar-refractivity contribution in [2.24, 2.45) is 5.73 Å². The normalized spacial score (nSPS) is 16.1. The van der Waals surface area contributed by atoms with Gasteiger partial charge in [-0.25, -0.2) is 4.39 Å². The number of rotatable bonds is 4. The highest BCUT2D eigenvalue weighted by Gasteiger charge is 2.42. The van der Waals surface area contributed by atoms with E-state index in [1.165, 1.54) is 24.0 Å². The Morgan fingerprint density at radius 3 is 2.25 bits per heavy atom. The number of aryl methyl sites for hydroxylation is 1.